The fraction of sp³-hybridized carbons (Fsp3) is 0.300. The molecule has 0 radical (unpaired) electrons. The first-order valence-corrected chi connectivity index (χ1v) is 13.5. The summed E-state index contributed by atoms with van der Waals surface area (Å²) in [7, 11) is 0. The number of nitrogens with one attached hydrogen (secondary N) is 2. The van der Waals surface area contributed by atoms with Crippen LogP contribution in [0.3, 0.4) is 0 Å². The standard InChI is InChI=1S/C30H27F5N4O4/c31-19-5-1-17(2-6-19)3-8-21-15-39(16-26(36-21)43-28(42)12-11-27(40)41)29-22-13-18(30(33,34)35)4-9-23(22)37-24-10-7-20(32)14-25(24)38-29/h1-2,4-7,9-10,13-14,21,26,36-37H,3,8,11-12,15-16H2,(H,40,41)/t21-,26?/m0/s1. The highest BCUT2D eigenvalue weighted by atomic mass is 19.4. The zero-order valence-corrected chi connectivity index (χ0v) is 22.6. The summed E-state index contributed by atoms with van der Waals surface area (Å²) in [6, 6.07) is 12.6. The fourth-order valence-electron chi connectivity index (χ4n) is 5.02. The van der Waals surface area contributed by atoms with Gasteiger partial charge in [0.05, 0.1) is 36.3 Å². The van der Waals surface area contributed by atoms with Crippen molar-refractivity contribution in [1.29, 1.82) is 0 Å². The minimum Gasteiger partial charge on any atom is -0.481 e. The van der Waals surface area contributed by atoms with E-state index in [2.05, 4.69) is 15.6 Å². The van der Waals surface area contributed by atoms with Crippen LogP contribution >= 0.6 is 0 Å². The quantitative estimate of drug-likeness (QED) is 0.234. The van der Waals surface area contributed by atoms with E-state index in [0.29, 0.717) is 24.2 Å². The number of anilines is 2. The van der Waals surface area contributed by atoms with E-state index in [1.165, 1.54) is 30.3 Å². The third-order valence-electron chi connectivity index (χ3n) is 7.10. The summed E-state index contributed by atoms with van der Waals surface area (Å²) >= 11 is 0. The van der Waals surface area contributed by atoms with Crippen molar-refractivity contribution in [1.82, 2.24) is 10.2 Å². The number of carbonyl (C=O) groups is 2. The Morgan fingerprint density at radius 1 is 0.953 bits per heavy atom. The minimum absolute atomic E-state index is 0.0367. The first-order valence-electron chi connectivity index (χ1n) is 13.5. The molecule has 2 aliphatic rings. The zero-order valence-electron chi connectivity index (χ0n) is 22.6. The van der Waals surface area contributed by atoms with Crippen molar-refractivity contribution in [3.63, 3.8) is 0 Å². The van der Waals surface area contributed by atoms with Crippen molar-refractivity contribution in [2.45, 2.75) is 44.1 Å². The second-order valence-corrected chi connectivity index (χ2v) is 10.3. The molecule has 3 N–H and O–H groups in total. The molecule has 226 valence electrons. The van der Waals surface area contributed by atoms with E-state index in [0.717, 1.165) is 23.8 Å². The van der Waals surface area contributed by atoms with E-state index in [1.807, 2.05) is 0 Å². The van der Waals surface area contributed by atoms with Gasteiger partial charge in [-0.05, 0) is 60.9 Å². The molecule has 2 atom stereocenters. The Hall–Kier alpha value is -4.52. The summed E-state index contributed by atoms with van der Waals surface area (Å²) in [6.45, 7) is 0.189. The molecule has 0 spiro atoms. The van der Waals surface area contributed by atoms with Gasteiger partial charge in [0.25, 0.3) is 0 Å². The first kappa shape index (κ1) is 30.0. The number of benzene rings is 3. The second-order valence-electron chi connectivity index (χ2n) is 10.3. The summed E-state index contributed by atoms with van der Waals surface area (Å²) in [6.07, 6.45) is -5.44. The predicted molar refractivity (Wildman–Crippen MR) is 147 cm³/mol. The number of aliphatic carboxylic acids is 1. The number of fused-ring (bicyclic) bond motifs is 2. The van der Waals surface area contributed by atoms with Crippen molar-refractivity contribution in [2.75, 3.05) is 18.4 Å². The van der Waals surface area contributed by atoms with E-state index in [1.54, 1.807) is 17.0 Å². The van der Waals surface area contributed by atoms with Crippen LogP contribution in [-0.2, 0) is 26.9 Å². The number of rotatable bonds is 7. The summed E-state index contributed by atoms with van der Waals surface area (Å²) < 4.78 is 74.5. The van der Waals surface area contributed by atoms with Crippen LogP contribution in [0.5, 0.6) is 0 Å². The lowest BCUT2D eigenvalue weighted by molar-refractivity contribution is -0.155. The van der Waals surface area contributed by atoms with E-state index in [-0.39, 0.29) is 48.5 Å². The van der Waals surface area contributed by atoms with Gasteiger partial charge in [-0.15, -0.1) is 0 Å². The van der Waals surface area contributed by atoms with Gasteiger partial charge in [0.15, 0.2) is 6.23 Å². The van der Waals surface area contributed by atoms with E-state index < -0.39 is 42.1 Å². The van der Waals surface area contributed by atoms with Gasteiger partial charge in [0, 0.05) is 29.9 Å². The Balaban J connectivity index is 1.50. The van der Waals surface area contributed by atoms with E-state index in [9.17, 15) is 31.5 Å². The molecule has 2 heterocycles. The zero-order chi connectivity index (χ0) is 30.7. The number of carboxylic acid groups (broad SMARTS) is 1. The molecule has 13 heteroatoms. The van der Waals surface area contributed by atoms with Crippen LogP contribution in [0.4, 0.5) is 39.0 Å². The molecule has 0 aliphatic carbocycles. The smallest absolute Gasteiger partial charge is 0.416 e. The Kier molecular flexibility index (Phi) is 8.62. The lowest BCUT2D eigenvalue weighted by Gasteiger charge is -2.40. The lowest BCUT2D eigenvalue weighted by atomic mass is 10.0. The number of hydrogen-bond donors (Lipinski definition) is 3. The Morgan fingerprint density at radius 2 is 1.67 bits per heavy atom. The van der Waals surface area contributed by atoms with Crippen molar-refractivity contribution >= 4 is 34.8 Å². The summed E-state index contributed by atoms with van der Waals surface area (Å²) in [5.74, 6) is -2.80. The van der Waals surface area contributed by atoms with Crippen LogP contribution in [0.1, 0.15) is 36.0 Å². The number of carbonyl (C=O) groups excluding carboxylic acids is 1. The molecule has 43 heavy (non-hydrogen) atoms. The molecule has 5 rings (SSSR count). The molecule has 2 aliphatic heterocycles. The van der Waals surface area contributed by atoms with Gasteiger partial charge in [-0.3, -0.25) is 14.9 Å². The molecular weight excluding hydrogens is 575 g/mol. The predicted octanol–water partition coefficient (Wildman–Crippen LogP) is 5.76. The van der Waals surface area contributed by atoms with Gasteiger partial charge in [0.1, 0.15) is 17.5 Å². The van der Waals surface area contributed by atoms with Crippen LogP contribution < -0.4 is 10.6 Å². The van der Waals surface area contributed by atoms with Crippen LogP contribution in [-0.4, -0.2) is 53.1 Å². The highest BCUT2D eigenvalue weighted by Crippen LogP contribution is 2.39. The van der Waals surface area contributed by atoms with Crippen molar-refractivity contribution < 1.29 is 41.4 Å². The molecule has 8 nitrogen and oxygen atoms in total. The summed E-state index contributed by atoms with van der Waals surface area (Å²) in [4.78, 5) is 29.7. The molecule has 0 bridgehead atoms. The summed E-state index contributed by atoms with van der Waals surface area (Å²) in [5.41, 5.74) is 0.914. The largest absolute Gasteiger partial charge is 0.481 e. The van der Waals surface area contributed by atoms with Gasteiger partial charge >= 0.3 is 18.1 Å². The Labute approximate surface area is 243 Å². The molecule has 3 aromatic rings. The van der Waals surface area contributed by atoms with Gasteiger partial charge in [-0.25, -0.2) is 13.8 Å². The Morgan fingerprint density at radius 3 is 2.40 bits per heavy atom. The number of aliphatic imine (C=N–C) groups is 1. The van der Waals surface area contributed by atoms with Crippen molar-refractivity contribution in [3.8, 4) is 0 Å². The maximum Gasteiger partial charge on any atom is 0.416 e. The number of piperazine rings is 1. The van der Waals surface area contributed by atoms with Gasteiger partial charge in [-0.1, -0.05) is 12.1 Å². The van der Waals surface area contributed by atoms with Crippen LogP contribution in [0.2, 0.25) is 0 Å². The van der Waals surface area contributed by atoms with Crippen LogP contribution in [0.25, 0.3) is 0 Å². The molecule has 1 saturated heterocycles. The average Bonchev–Trinajstić information content (AvgIpc) is 3.11. The van der Waals surface area contributed by atoms with Crippen molar-refractivity contribution in [2.24, 2.45) is 4.99 Å². The first-order chi connectivity index (χ1) is 20.4. The van der Waals surface area contributed by atoms with Crippen LogP contribution in [0.15, 0.2) is 65.7 Å². The number of amidine groups is 1. The van der Waals surface area contributed by atoms with Crippen molar-refractivity contribution in [3.05, 3.63) is 89.0 Å². The maximum atomic E-state index is 14.2. The monoisotopic (exact) mass is 602 g/mol. The number of halogens is 5. The number of carboxylic acids is 1. The molecular formula is C30H27F5N4O4. The van der Waals surface area contributed by atoms with Gasteiger partial charge < -0.3 is 20.1 Å². The Bertz CT molecular complexity index is 1540. The van der Waals surface area contributed by atoms with Crippen LogP contribution in [0, 0.1) is 11.6 Å². The molecule has 1 unspecified atom stereocenters. The SMILES string of the molecule is O=C(O)CCC(=O)OC1CN(C2=Nc3cc(F)ccc3Nc3ccc(C(F)(F)F)cc32)C[C@H](CCc2ccc(F)cc2)N1. The molecule has 0 aromatic heterocycles. The van der Waals surface area contributed by atoms with Gasteiger partial charge in [-0.2, -0.15) is 13.2 Å². The number of ether oxygens (including phenoxy) is 1. The third kappa shape index (κ3) is 7.47. The normalized spacial score (nSPS) is 18.1. The van der Waals surface area contributed by atoms with E-state index in [4.69, 9.17) is 9.84 Å². The molecule has 0 amide bonds. The highest BCUT2D eigenvalue weighted by molar-refractivity contribution is 6.08. The molecule has 1 fully saturated rings. The maximum absolute atomic E-state index is 14.2. The summed E-state index contributed by atoms with van der Waals surface area (Å²) in [5, 5.41) is 15.2. The average molecular weight is 603 g/mol. The fourth-order valence-corrected chi connectivity index (χ4v) is 5.02. The van der Waals surface area contributed by atoms with E-state index >= 15 is 0 Å². The highest BCUT2D eigenvalue weighted by Gasteiger charge is 2.36. The van der Waals surface area contributed by atoms with Gasteiger partial charge in [0.2, 0.25) is 0 Å². The molecule has 0 saturated carbocycles. The lowest BCUT2D eigenvalue weighted by Crippen LogP contribution is -2.59. The topological polar surface area (TPSA) is 103 Å². The number of alkyl halides is 3. The number of esters is 1. The molecule has 3 aromatic carbocycles. The number of aryl methyl sites for hydroxylation is 1. The number of hydrogen-bond acceptors (Lipinski definition) is 7. The number of nitrogens with zero attached hydrogens (tertiary/aromatic N) is 2. The third-order valence-corrected chi connectivity index (χ3v) is 7.10. The minimum atomic E-state index is -4.64. The second kappa shape index (κ2) is 12.4.